The lowest BCUT2D eigenvalue weighted by Crippen LogP contribution is -2.23. The third-order valence-corrected chi connectivity index (χ3v) is 2.92. The van der Waals surface area contributed by atoms with Gasteiger partial charge in [-0.2, -0.15) is 5.10 Å². The van der Waals surface area contributed by atoms with E-state index in [-0.39, 0.29) is 5.82 Å². The van der Waals surface area contributed by atoms with Gasteiger partial charge in [0.25, 0.3) is 0 Å². The topological polar surface area (TPSA) is 36.4 Å². The molecule has 0 aromatic heterocycles. The van der Waals surface area contributed by atoms with Crippen LogP contribution >= 0.6 is 12.2 Å². The first-order valence-corrected chi connectivity index (χ1v) is 7.13. The Kier molecular flexibility index (Phi) is 5.80. The van der Waals surface area contributed by atoms with E-state index in [1.807, 2.05) is 43.3 Å². The fourth-order valence-electron chi connectivity index (χ4n) is 1.73. The molecular weight excluding hydrogens is 297 g/mol. The molecule has 0 amide bonds. The molecule has 5 heteroatoms. The molecule has 0 saturated heterocycles. The van der Waals surface area contributed by atoms with Gasteiger partial charge in [-0.3, -0.25) is 5.43 Å². The van der Waals surface area contributed by atoms with Crippen molar-refractivity contribution >= 4 is 35.3 Å². The first-order valence-electron chi connectivity index (χ1n) is 6.72. The average Bonchev–Trinajstić information content (AvgIpc) is 2.50. The molecule has 2 rings (SSSR count). The number of benzene rings is 2. The van der Waals surface area contributed by atoms with Crippen LogP contribution in [0.15, 0.2) is 65.3 Å². The van der Waals surface area contributed by atoms with Gasteiger partial charge in [-0.15, -0.1) is 0 Å². The summed E-state index contributed by atoms with van der Waals surface area (Å²) in [7, 11) is 0. The van der Waals surface area contributed by atoms with E-state index in [1.165, 1.54) is 12.1 Å². The van der Waals surface area contributed by atoms with Crippen LogP contribution in [0.4, 0.5) is 10.1 Å². The molecule has 2 aromatic carbocycles. The molecule has 0 bridgehead atoms. The van der Waals surface area contributed by atoms with E-state index in [1.54, 1.807) is 18.3 Å². The molecule has 0 atom stereocenters. The van der Waals surface area contributed by atoms with E-state index < -0.39 is 0 Å². The minimum Gasteiger partial charge on any atom is -0.331 e. The highest BCUT2D eigenvalue weighted by atomic mass is 32.1. The minimum atomic E-state index is -0.288. The van der Waals surface area contributed by atoms with Crippen LogP contribution in [0.2, 0.25) is 0 Å². The van der Waals surface area contributed by atoms with Crippen LogP contribution in [0, 0.1) is 5.82 Å². The van der Waals surface area contributed by atoms with Gasteiger partial charge >= 0.3 is 0 Å². The van der Waals surface area contributed by atoms with Crippen molar-refractivity contribution in [2.45, 2.75) is 6.92 Å². The molecule has 0 fully saturated rings. The predicted octanol–water partition coefficient (Wildman–Crippen LogP) is 4.20. The Labute approximate surface area is 134 Å². The Bertz CT molecular complexity index is 679. The van der Waals surface area contributed by atoms with Crippen molar-refractivity contribution in [1.82, 2.24) is 5.43 Å². The van der Waals surface area contributed by atoms with Crippen molar-refractivity contribution < 1.29 is 4.39 Å². The minimum absolute atomic E-state index is 0.288. The normalized spacial score (nSPS) is 11.5. The molecule has 0 spiro atoms. The maximum Gasteiger partial charge on any atom is 0.191 e. The maximum atomic E-state index is 12.8. The molecule has 112 valence electrons. The van der Waals surface area contributed by atoms with Crippen molar-refractivity contribution in [2.75, 3.05) is 5.32 Å². The lowest BCUT2D eigenvalue weighted by Gasteiger charge is -2.06. The zero-order valence-corrected chi connectivity index (χ0v) is 12.9. The van der Waals surface area contributed by atoms with Gasteiger partial charge in [-0.1, -0.05) is 36.4 Å². The number of hydrazone groups is 1. The van der Waals surface area contributed by atoms with Crippen molar-refractivity contribution in [3.05, 3.63) is 71.6 Å². The molecule has 0 unspecified atom stereocenters. The van der Waals surface area contributed by atoms with Gasteiger partial charge < -0.3 is 5.32 Å². The molecule has 2 aromatic rings. The van der Waals surface area contributed by atoms with Crippen molar-refractivity contribution in [3.8, 4) is 0 Å². The van der Waals surface area contributed by atoms with E-state index in [0.717, 1.165) is 11.1 Å². The smallest absolute Gasteiger partial charge is 0.191 e. The van der Waals surface area contributed by atoms with Crippen molar-refractivity contribution in [2.24, 2.45) is 5.10 Å². The molecular formula is C17H16FN3S. The zero-order chi connectivity index (χ0) is 15.8. The first kappa shape index (κ1) is 15.9. The number of nitrogens with one attached hydrogen (secondary N) is 2. The van der Waals surface area contributed by atoms with Gasteiger partial charge in [0.1, 0.15) is 5.82 Å². The quantitative estimate of drug-likeness (QED) is 0.504. The summed E-state index contributed by atoms with van der Waals surface area (Å²) in [6, 6.07) is 15.9. The van der Waals surface area contributed by atoms with Gasteiger partial charge in [0.2, 0.25) is 0 Å². The summed E-state index contributed by atoms with van der Waals surface area (Å²) in [5.74, 6) is -0.288. The molecule has 0 aliphatic carbocycles. The second-order valence-corrected chi connectivity index (χ2v) is 5.04. The number of rotatable bonds is 4. The van der Waals surface area contributed by atoms with E-state index in [2.05, 4.69) is 15.8 Å². The fraction of sp³-hybridized carbons (Fsp3) is 0.0588. The fourth-order valence-corrected chi connectivity index (χ4v) is 1.90. The second kappa shape index (κ2) is 8.05. The van der Waals surface area contributed by atoms with Crippen LogP contribution in [-0.2, 0) is 0 Å². The van der Waals surface area contributed by atoms with E-state index in [4.69, 9.17) is 12.2 Å². The average molecular weight is 313 g/mol. The molecule has 0 heterocycles. The van der Waals surface area contributed by atoms with Gasteiger partial charge in [0.05, 0.1) is 6.21 Å². The number of allylic oxidation sites excluding steroid dienone is 1. The number of halogens is 1. The lowest BCUT2D eigenvalue weighted by atomic mass is 10.1. The molecule has 2 N–H and O–H groups in total. The van der Waals surface area contributed by atoms with Crippen LogP contribution in [0.5, 0.6) is 0 Å². The van der Waals surface area contributed by atoms with Crippen LogP contribution in [0.25, 0.3) is 6.08 Å². The van der Waals surface area contributed by atoms with Crippen molar-refractivity contribution in [3.63, 3.8) is 0 Å². The van der Waals surface area contributed by atoms with E-state index in [0.29, 0.717) is 10.8 Å². The highest BCUT2D eigenvalue weighted by Crippen LogP contribution is 2.08. The number of hydrogen-bond acceptors (Lipinski definition) is 2. The number of anilines is 1. The standard InChI is InChI=1S/C17H16FN3S/c1-13(11-14-5-3-2-4-6-14)12-19-21-17(22)20-16-9-7-15(18)8-10-16/h2-12H,1H3,(H2,20,21,22)/b13-11+,19-12-. The highest BCUT2D eigenvalue weighted by molar-refractivity contribution is 7.80. The second-order valence-electron chi connectivity index (χ2n) is 4.63. The van der Waals surface area contributed by atoms with E-state index in [9.17, 15) is 4.39 Å². The first-order chi connectivity index (χ1) is 10.6. The third kappa shape index (κ3) is 5.46. The number of nitrogens with zero attached hydrogens (tertiary/aromatic N) is 1. The van der Waals surface area contributed by atoms with Gasteiger partial charge in [-0.05, 0) is 54.5 Å². The molecule has 0 radical (unpaired) electrons. The largest absolute Gasteiger partial charge is 0.331 e. The number of thiocarbonyl (C=S) groups is 1. The summed E-state index contributed by atoms with van der Waals surface area (Å²) in [5.41, 5.74) is 5.52. The van der Waals surface area contributed by atoms with Gasteiger partial charge in [0.15, 0.2) is 5.11 Å². The van der Waals surface area contributed by atoms with Crippen LogP contribution in [0.1, 0.15) is 12.5 Å². The molecule has 3 nitrogen and oxygen atoms in total. The monoisotopic (exact) mass is 313 g/mol. The Morgan fingerprint density at radius 1 is 1.09 bits per heavy atom. The lowest BCUT2D eigenvalue weighted by molar-refractivity contribution is 0.628. The summed E-state index contributed by atoms with van der Waals surface area (Å²) in [4.78, 5) is 0. The highest BCUT2D eigenvalue weighted by Gasteiger charge is 1.96. The Morgan fingerprint density at radius 2 is 1.77 bits per heavy atom. The molecule has 0 aliphatic heterocycles. The van der Waals surface area contributed by atoms with Crippen LogP contribution in [0.3, 0.4) is 0 Å². The summed E-state index contributed by atoms with van der Waals surface area (Å²) in [6.07, 6.45) is 3.70. The summed E-state index contributed by atoms with van der Waals surface area (Å²) >= 11 is 5.10. The molecule has 0 saturated carbocycles. The van der Waals surface area contributed by atoms with Crippen LogP contribution < -0.4 is 10.7 Å². The van der Waals surface area contributed by atoms with Gasteiger partial charge in [-0.25, -0.2) is 4.39 Å². The molecule has 22 heavy (non-hydrogen) atoms. The Hall–Kier alpha value is -2.53. The summed E-state index contributed by atoms with van der Waals surface area (Å²) in [5, 5.41) is 7.32. The van der Waals surface area contributed by atoms with Crippen molar-refractivity contribution in [1.29, 1.82) is 0 Å². The van der Waals surface area contributed by atoms with E-state index >= 15 is 0 Å². The van der Waals surface area contributed by atoms with Gasteiger partial charge in [0, 0.05) is 5.69 Å². The van der Waals surface area contributed by atoms with Crippen LogP contribution in [-0.4, -0.2) is 11.3 Å². The Balaban J connectivity index is 1.85. The summed E-state index contributed by atoms with van der Waals surface area (Å²) in [6.45, 7) is 1.95. The third-order valence-electron chi connectivity index (χ3n) is 2.73. The maximum absolute atomic E-state index is 12.8. The number of hydrogen-bond donors (Lipinski definition) is 2. The Morgan fingerprint density at radius 3 is 2.45 bits per heavy atom. The summed E-state index contributed by atoms with van der Waals surface area (Å²) < 4.78 is 12.8. The predicted molar refractivity (Wildman–Crippen MR) is 94.3 cm³/mol. The zero-order valence-electron chi connectivity index (χ0n) is 12.1. The molecule has 0 aliphatic rings. The SMILES string of the molecule is CC(/C=N\NC(=S)Nc1ccc(F)cc1)=C\c1ccccc1.